The number of aliphatic hydroxyl groups excluding tert-OH is 1. The van der Waals surface area contributed by atoms with Gasteiger partial charge in [-0.3, -0.25) is 62.7 Å². The van der Waals surface area contributed by atoms with Crippen LogP contribution in [0.25, 0.3) is 10.8 Å². The highest BCUT2D eigenvalue weighted by Crippen LogP contribution is 2.24. The average Bonchev–Trinajstić information content (AvgIpc) is 1.61. The fourth-order valence-corrected chi connectivity index (χ4v) is 12.4. The molecular weight excluding hydrogens is 1360 g/mol. The van der Waals surface area contributed by atoms with E-state index in [-0.39, 0.29) is 114 Å². The van der Waals surface area contributed by atoms with Crippen LogP contribution >= 0.6 is 11.6 Å². The molecule has 3 heterocycles. The second kappa shape index (κ2) is 39.5. The van der Waals surface area contributed by atoms with Gasteiger partial charge >= 0.3 is 6.03 Å². The number of aromatic hydroxyl groups is 1. The summed E-state index contributed by atoms with van der Waals surface area (Å²) >= 11 is 6.27. The highest BCUT2D eigenvalue weighted by molar-refractivity contribution is 6.30. The lowest BCUT2D eigenvalue weighted by Gasteiger charge is -2.31. The molecule has 10 unspecified atom stereocenters. The van der Waals surface area contributed by atoms with Gasteiger partial charge in [-0.1, -0.05) is 98.2 Å². The minimum Gasteiger partial charge on any atom is -0.508 e. The number of pyridine rings is 1. The number of guanidine groups is 1. The molecule has 1 aromatic heterocycles. The molecule has 5 aromatic rings. The van der Waals surface area contributed by atoms with Crippen molar-refractivity contribution in [3.05, 3.63) is 143 Å². The molecule has 32 heteroatoms. The van der Waals surface area contributed by atoms with Gasteiger partial charge in [0.15, 0.2) is 5.96 Å². The molecule has 104 heavy (non-hydrogen) atoms. The van der Waals surface area contributed by atoms with E-state index in [1.807, 2.05) is 42.5 Å². The largest absolute Gasteiger partial charge is 0.508 e. The fraction of sp³-hybridized carbons (Fsp3) is 0.444. The summed E-state index contributed by atoms with van der Waals surface area (Å²) < 4.78 is 0. The van der Waals surface area contributed by atoms with E-state index in [0.717, 1.165) is 16.3 Å². The zero-order valence-corrected chi connectivity index (χ0v) is 59.1. The van der Waals surface area contributed by atoms with Crippen molar-refractivity contribution in [3.63, 3.8) is 0 Å². The second-order valence-electron chi connectivity index (χ2n) is 26.3. The van der Waals surface area contributed by atoms with Gasteiger partial charge in [-0.15, -0.1) is 0 Å². The van der Waals surface area contributed by atoms with E-state index in [4.69, 9.17) is 34.5 Å². The van der Waals surface area contributed by atoms with Gasteiger partial charge in [-0.2, -0.15) is 0 Å². The number of aliphatic imine (C=N–C) groups is 1. The van der Waals surface area contributed by atoms with Crippen molar-refractivity contribution in [1.29, 1.82) is 0 Å². The summed E-state index contributed by atoms with van der Waals surface area (Å²) in [5.41, 5.74) is 24.0. The number of rotatable bonds is 38. The van der Waals surface area contributed by atoms with Crippen molar-refractivity contribution in [1.82, 2.24) is 62.6 Å². The molecule has 0 aliphatic carbocycles. The molecule has 2 fully saturated rings. The molecular formula is C72H94ClN17O14. The Morgan fingerprint density at radius 3 is 1.72 bits per heavy atom. The Balaban J connectivity index is 1.13. The molecule has 7 rings (SSSR count). The Hall–Kier alpha value is -10.9. The summed E-state index contributed by atoms with van der Waals surface area (Å²) in [6.07, 6.45) is 3.58. The van der Waals surface area contributed by atoms with Gasteiger partial charge in [0, 0.05) is 75.7 Å². The minimum absolute atomic E-state index is 0.00231. The van der Waals surface area contributed by atoms with Crippen LogP contribution in [0, 0.1) is 5.92 Å². The van der Waals surface area contributed by atoms with E-state index in [0.29, 0.717) is 41.1 Å². The van der Waals surface area contributed by atoms with Crippen molar-refractivity contribution in [3.8, 4) is 5.75 Å². The number of amides is 13. The summed E-state index contributed by atoms with van der Waals surface area (Å²) in [6.45, 7) is 4.21. The predicted molar refractivity (Wildman–Crippen MR) is 386 cm³/mol. The number of fused-ring (bicyclic) bond motifs is 1. The third-order valence-electron chi connectivity index (χ3n) is 17.8. The molecule has 0 bridgehead atoms. The van der Waals surface area contributed by atoms with Crippen molar-refractivity contribution in [2.45, 2.75) is 165 Å². The van der Waals surface area contributed by atoms with Crippen molar-refractivity contribution in [2.24, 2.45) is 33.8 Å². The van der Waals surface area contributed by atoms with Gasteiger partial charge in [0.05, 0.1) is 6.61 Å². The Labute approximate surface area is 606 Å². The third-order valence-corrected chi connectivity index (χ3v) is 18.0. The summed E-state index contributed by atoms with van der Waals surface area (Å²) in [4.78, 5) is 179. The molecule has 0 spiro atoms. The van der Waals surface area contributed by atoms with Crippen molar-refractivity contribution in [2.75, 3.05) is 32.8 Å². The number of primary amides is 2. The van der Waals surface area contributed by atoms with Gasteiger partial charge in [0.25, 0.3) is 0 Å². The number of carbonyl (C=O) groups is 12. The first-order valence-corrected chi connectivity index (χ1v) is 34.9. The number of nitrogens with two attached hydrogens (primary N) is 4. The predicted octanol–water partition coefficient (Wildman–Crippen LogP) is -0.230. The van der Waals surface area contributed by atoms with E-state index < -0.39 is 132 Å². The molecule has 2 aliphatic rings. The van der Waals surface area contributed by atoms with Crippen LogP contribution in [0.5, 0.6) is 5.75 Å². The monoisotopic (exact) mass is 1460 g/mol. The van der Waals surface area contributed by atoms with Gasteiger partial charge in [-0.05, 0) is 128 Å². The number of phenolic OH excluding ortho intramolecular Hbond substituents is 1. The van der Waals surface area contributed by atoms with Gasteiger partial charge < -0.3 is 90.8 Å². The number of nitrogens with zero attached hydrogens (tertiary/aromatic N) is 4. The maximum atomic E-state index is 15.0. The first kappa shape index (κ1) is 80.4. The SMILES string of the molecule is CC(C)CC(NC(=O)C(CCCNC(N)=O)NC(=O)C(Cc1ccc(O)cc1)NC(=O)C(CO)NC(=O)C(Cc1cccnc1)NC(=O)C(Cc1ccc(Cl)cc1)NC(=O)C(Cc1ccc2ccccc2c1)N1CCCC1=O)C(=O)NC(CCCN=C(N)N)C(=O)N1CCCC1C(=O)NC(C)C(N)=O. The molecule has 19 N–H and O–H groups in total. The number of hydrogen-bond acceptors (Lipinski definition) is 16. The zero-order valence-electron chi connectivity index (χ0n) is 58.3. The van der Waals surface area contributed by atoms with Gasteiger partial charge in [-0.25, -0.2) is 4.79 Å². The Morgan fingerprint density at radius 1 is 0.587 bits per heavy atom. The molecule has 10 atom stereocenters. The fourth-order valence-electron chi connectivity index (χ4n) is 12.3. The molecule has 558 valence electrons. The van der Waals surface area contributed by atoms with E-state index in [1.165, 1.54) is 53.4 Å². The maximum Gasteiger partial charge on any atom is 0.312 e. The van der Waals surface area contributed by atoms with E-state index >= 15 is 0 Å². The average molecular weight is 1460 g/mol. The lowest BCUT2D eigenvalue weighted by Crippen LogP contribution is -2.61. The van der Waals surface area contributed by atoms with Crippen LogP contribution in [-0.4, -0.2) is 195 Å². The van der Waals surface area contributed by atoms with E-state index in [9.17, 15) is 67.7 Å². The molecule has 0 radical (unpaired) electrons. The maximum absolute atomic E-state index is 15.0. The first-order chi connectivity index (χ1) is 49.7. The molecule has 4 aromatic carbocycles. The number of urea groups is 1. The van der Waals surface area contributed by atoms with Crippen LogP contribution in [0.4, 0.5) is 4.79 Å². The number of likely N-dealkylation sites (tertiary alicyclic amines) is 2. The number of aromatic nitrogens is 1. The van der Waals surface area contributed by atoms with Crippen LogP contribution in [-0.2, 0) is 78.4 Å². The summed E-state index contributed by atoms with van der Waals surface area (Å²) in [7, 11) is 0. The van der Waals surface area contributed by atoms with Crippen molar-refractivity contribution < 1.29 is 67.7 Å². The topological polar surface area (TPSA) is 489 Å². The van der Waals surface area contributed by atoms with Gasteiger partial charge in [0.2, 0.25) is 65.0 Å². The molecule has 0 saturated carbocycles. The Bertz CT molecular complexity index is 3870. The summed E-state index contributed by atoms with van der Waals surface area (Å²) in [5.74, 6) is -9.37. The third kappa shape index (κ3) is 24.7. The zero-order chi connectivity index (χ0) is 75.6. The molecule has 2 aliphatic heterocycles. The molecule has 2 saturated heterocycles. The Morgan fingerprint density at radius 2 is 1.13 bits per heavy atom. The highest BCUT2D eigenvalue weighted by atomic mass is 35.5. The number of phenols is 1. The van der Waals surface area contributed by atoms with Gasteiger partial charge in [0.1, 0.15) is 66.2 Å². The van der Waals surface area contributed by atoms with Crippen LogP contribution in [0.2, 0.25) is 5.02 Å². The van der Waals surface area contributed by atoms with E-state index in [1.54, 1.807) is 50.2 Å². The second-order valence-corrected chi connectivity index (χ2v) is 26.7. The number of hydrogen-bond donors (Lipinski definition) is 15. The number of benzene rings is 4. The summed E-state index contributed by atoms with van der Waals surface area (Å²) in [6, 6.07) is 14.0. The first-order valence-electron chi connectivity index (χ1n) is 34.6. The Kier molecular flexibility index (Phi) is 30.5. The van der Waals surface area contributed by atoms with E-state index in [2.05, 4.69) is 57.8 Å². The quantitative estimate of drug-likeness (QED) is 0.0138. The highest BCUT2D eigenvalue weighted by Gasteiger charge is 2.41. The molecule has 13 amide bonds. The number of aliphatic hydroxyl groups is 1. The van der Waals surface area contributed by atoms with Crippen molar-refractivity contribution >= 4 is 99.3 Å². The number of nitrogens with one attached hydrogen (secondary N) is 9. The smallest absolute Gasteiger partial charge is 0.312 e. The summed E-state index contributed by atoms with van der Waals surface area (Å²) in [5, 5.41) is 47.2. The van der Waals surface area contributed by atoms with Crippen LogP contribution in [0.1, 0.15) is 101 Å². The number of carbonyl (C=O) groups excluding carboxylic acids is 12. The van der Waals surface area contributed by atoms with Crippen LogP contribution < -0.4 is 70.8 Å². The minimum atomic E-state index is -1.85. The standard InChI is InChI=1S/C72H94ClN17O14/c1-41(2)33-53(63(96)83-52(15-8-29-79-71(75)76)70(103)90-32-9-16-58(90)68(101)81-42(3)61(74)94)84-62(95)51(14-7-30-80-72(77)104)82-64(97)54(36-44-21-26-50(92)27-22-44)86-67(100)57(40-91)88-66(99)56(37-46-11-6-28-78-39-46)85-65(98)55(35-43-19-24-49(73)25-20-43)87-69(102)59(89-31-10-17-60(89)93)38-45-18-23-47-12-4-5-13-48(47)34-45/h4-6,11-13,18-28,34,39,41-42,51-59,91-92H,7-10,14-17,29-33,35-38,40H2,1-3H3,(H2,74,94)(H,81,101)(H,82,97)(H,83,96)(H,84,95)(H,85,98)(H,86,100)(H,87,102)(H,88,99)(H4,75,76,79)(H3,77,80,104). The molecule has 31 nitrogen and oxygen atoms in total. The lowest BCUT2D eigenvalue weighted by atomic mass is 9.99. The number of halogens is 1. The normalized spacial score (nSPS) is 16.0. The van der Waals surface area contributed by atoms with Crippen LogP contribution in [0.15, 0.2) is 121 Å². The van der Waals surface area contributed by atoms with Crippen LogP contribution in [0.3, 0.4) is 0 Å². The lowest BCUT2D eigenvalue weighted by molar-refractivity contribution is -0.142.